The molecule has 0 aliphatic carbocycles. The van der Waals surface area contributed by atoms with Crippen LogP contribution in [0, 0.1) is 0 Å². The van der Waals surface area contributed by atoms with Crippen molar-refractivity contribution in [2.45, 2.75) is 43.9 Å². The van der Waals surface area contributed by atoms with E-state index in [2.05, 4.69) is 20.5 Å². The number of hydrogen-bond donors (Lipinski definition) is 2. The van der Waals surface area contributed by atoms with E-state index in [9.17, 15) is 14.4 Å². The maximum absolute atomic E-state index is 12.7. The predicted molar refractivity (Wildman–Crippen MR) is 131 cm³/mol. The Morgan fingerprint density at radius 2 is 1.85 bits per heavy atom. The number of nitrogens with one attached hydrogen (secondary N) is 2. The largest absolute Gasteiger partial charge is 0.351 e. The van der Waals surface area contributed by atoms with E-state index in [1.165, 1.54) is 18.2 Å². The molecule has 8 heteroatoms. The normalized spacial score (nSPS) is 19.1. The summed E-state index contributed by atoms with van der Waals surface area (Å²) in [6, 6.07) is 16.4. The summed E-state index contributed by atoms with van der Waals surface area (Å²) in [5, 5.41) is 6.03. The molecule has 2 unspecified atom stereocenters. The van der Waals surface area contributed by atoms with Crippen LogP contribution < -0.4 is 10.6 Å². The van der Waals surface area contributed by atoms with Gasteiger partial charge in [0.25, 0.3) is 11.8 Å². The first-order valence-corrected chi connectivity index (χ1v) is 12.2. The molecular formula is C25H28N4O3S. The third kappa shape index (κ3) is 6.01. The maximum atomic E-state index is 12.7. The topological polar surface area (TPSA) is 90.9 Å². The number of hydrogen-bond acceptors (Lipinski definition) is 5. The second kappa shape index (κ2) is 10.7. The Hall–Kier alpha value is -3.13. The zero-order valence-corrected chi connectivity index (χ0v) is 19.4. The first-order chi connectivity index (χ1) is 16.0. The molecule has 2 aromatic carbocycles. The molecule has 4 rings (SSSR count). The molecule has 2 aromatic rings. The van der Waals surface area contributed by atoms with Gasteiger partial charge in [-0.15, -0.1) is 0 Å². The van der Waals surface area contributed by atoms with E-state index < -0.39 is 5.25 Å². The van der Waals surface area contributed by atoms with Crippen molar-refractivity contribution in [1.82, 2.24) is 10.2 Å². The van der Waals surface area contributed by atoms with E-state index in [0.717, 1.165) is 36.7 Å². The molecule has 2 N–H and O–H groups in total. The summed E-state index contributed by atoms with van der Waals surface area (Å²) in [4.78, 5) is 43.9. The zero-order valence-electron chi connectivity index (χ0n) is 18.6. The van der Waals surface area contributed by atoms with Crippen LogP contribution in [0.15, 0.2) is 59.6 Å². The van der Waals surface area contributed by atoms with Crippen LogP contribution in [-0.2, 0) is 9.59 Å². The van der Waals surface area contributed by atoms with Gasteiger partial charge in [0.15, 0.2) is 5.17 Å². The van der Waals surface area contributed by atoms with Crippen LogP contribution in [0.3, 0.4) is 0 Å². The summed E-state index contributed by atoms with van der Waals surface area (Å²) >= 11 is 1.38. The van der Waals surface area contributed by atoms with Crippen LogP contribution in [0.2, 0.25) is 0 Å². The number of nitrogens with zero attached hydrogens (tertiary/aromatic N) is 2. The molecule has 3 amide bonds. The lowest BCUT2D eigenvalue weighted by atomic mass is 10.1. The minimum Gasteiger partial charge on any atom is -0.351 e. The Morgan fingerprint density at radius 1 is 1.09 bits per heavy atom. The highest BCUT2D eigenvalue weighted by Gasteiger charge is 2.33. The SMILES string of the molecule is CC(NC(=O)c1cccc(NC(=O)CC2SC(N3CCCCC3)=NC2=O)c1)c1ccccc1. The summed E-state index contributed by atoms with van der Waals surface area (Å²) in [5.41, 5.74) is 1.99. The van der Waals surface area contributed by atoms with E-state index in [1.807, 2.05) is 37.3 Å². The van der Waals surface area contributed by atoms with Crippen LogP contribution in [0.5, 0.6) is 0 Å². The van der Waals surface area contributed by atoms with Crippen LogP contribution >= 0.6 is 11.8 Å². The summed E-state index contributed by atoms with van der Waals surface area (Å²) < 4.78 is 0. The van der Waals surface area contributed by atoms with Gasteiger partial charge in [-0.05, 0) is 49.9 Å². The molecule has 0 saturated carbocycles. The second-order valence-corrected chi connectivity index (χ2v) is 9.50. The molecule has 0 aromatic heterocycles. The quantitative estimate of drug-likeness (QED) is 0.675. The van der Waals surface area contributed by atoms with Gasteiger partial charge in [-0.3, -0.25) is 14.4 Å². The monoisotopic (exact) mass is 464 g/mol. The average Bonchev–Trinajstić information content (AvgIpc) is 3.20. The molecule has 2 heterocycles. The molecule has 33 heavy (non-hydrogen) atoms. The summed E-state index contributed by atoms with van der Waals surface area (Å²) in [7, 11) is 0. The van der Waals surface area contributed by atoms with Crippen molar-refractivity contribution in [3.8, 4) is 0 Å². The number of likely N-dealkylation sites (tertiary alicyclic amines) is 1. The molecule has 2 aliphatic heterocycles. The van der Waals surface area contributed by atoms with Gasteiger partial charge < -0.3 is 15.5 Å². The van der Waals surface area contributed by atoms with Crippen molar-refractivity contribution < 1.29 is 14.4 Å². The summed E-state index contributed by atoms with van der Waals surface area (Å²) in [6.45, 7) is 3.75. The molecule has 7 nitrogen and oxygen atoms in total. The number of piperidine rings is 1. The highest BCUT2D eigenvalue weighted by molar-refractivity contribution is 8.15. The fourth-order valence-corrected chi connectivity index (χ4v) is 5.07. The lowest BCUT2D eigenvalue weighted by Gasteiger charge is -2.27. The minimum absolute atomic E-state index is 0.0474. The highest BCUT2D eigenvalue weighted by Crippen LogP contribution is 2.29. The number of carbonyl (C=O) groups is 3. The van der Waals surface area contributed by atoms with Crippen LogP contribution in [0.1, 0.15) is 54.6 Å². The number of carbonyl (C=O) groups excluding carboxylic acids is 3. The minimum atomic E-state index is -0.500. The standard InChI is InChI=1S/C25H28N4O3S/c1-17(18-9-4-2-5-10-18)26-23(31)19-11-8-12-20(15-19)27-22(30)16-21-24(32)28-25(33-21)29-13-6-3-7-14-29/h2,4-5,8-12,15,17,21H,3,6-7,13-14,16H2,1H3,(H,26,31)(H,27,30). The number of rotatable bonds is 6. The van der Waals surface area contributed by atoms with Gasteiger partial charge in [0.05, 0.1) is 6.04 Å². The molecule has 2 atom stereocenters. The van der Waals surface area contributed by atoms with Gasteiger partial charge in [-0.25, -0.2) is 0 Å². The van der Waals surface area contributed by atoms with E-state index >= 15 is 0 Å². The number of benzene rings is 2. The van der Waals surface area contributed by atoms with E-state index in [-0.39, 0.29) is 30.2 Å². The van der Waals surface area contributed by atoms with Crippen LogP contribution in [0.4, 0.5) is 5.69 Å². The summed E-state index contributed by atoms with van der Waals surface area (Å²) in [6.07, 6.45) is 3.46. The first kappa shape index (κ1) is 23.0. The Bertz CT molecular complexity index is 1050. The van der Waals surface area contributed by atoms with E-state index in [1.54, 1.807) is 24.3 Å². The van der Waals surface area contributed by atoms with Gasteiger partial charge in [-0.1, -0.05) is 48.2 Å². The molecule has 0 bridgehead atoms. The molecule has 1 saturated heterocycles. The molecular weight excluding hydrogens is 436 g/mol. The van der Waals surface area contributed by atoms with Crippen molar-refractivity contribution in [2.24, 2.45) is 4.99 Å². The van der Waals surface area contributed by atoms with Gasteiger partial charge in [0, 0.05) is 30.8 Å². The van der Waals surface area contributed by atoms with E-state index in [0.29, 0.717) is 11.3 Å². The Balaban J connectivity index is 1.31. The Kier molecular flexibility index (Phi) is 7.44. The maximum Gasteiger partial charge on any atom is 0.262 e. The fraction of sp³-hybridized carbons (Fsp3) is 0.360. The first-order valence-electron chi connectivity index (χ1n) is 11.3. The lowest BCUT2D eigenvalue weighted by Crippen LogP contribution is -2.33. The van der Waals surface area contributed by atoms with Gasteiger partial charge in [0.1, 0.15) is 5.25 Å². The molecule has 2 aliphatic rings. The van der Waals surface area contributed by atoms with Gasteiger partial charge in [0.2, 0.25) is 5.91 Å². The highest BCUT2D eigenvalue weighted by atomic mass is 32.2. The zero-order chi connectivity index (χ0) is 23.2. The van der Waals surface area contributed by atoms with Crippen LogP contribution in [0.25, 0.3) is 0 Å². The average molecular weight is 465 g/mol. The summed E-state index contributed by atoms with van der Waals surface area (Å²) in [5.74, 6) is -0.742. The molecule has 0 spiro atoms. The van der Waals surface area contributed by atoms with Crippen molar-refractivity contribution in [3.63, 3.8) is 0 Å². The number of amides is 3. The van der Waals surface area contributed by atoms with Gasteiger partial charge >= 0.3 is 0 Å². The molecule has 172 valence electrons. The van der Waals surface area contributed by atoms with E-state index in [4.69, 9.17) is 0 Å². The van der Waals surface area contributed by atoms with Crippen molar-refractivity contribution in [1.29, 1.82) is 0 Å². The second-order valence-electron chi connectivity index (χ2n) is 8.33. The molecule has 1 fully saturated rings. The third-order valence-corrected chi connectivity index (χ3v) is 7.00. The lowest BCUT2D eigenvalue weighted by molar-refractivity contribution is -0.121. The third-order valence-electron chi connectivity index (χ3n) is 5.78. The number of thioether (sulfide) groups is 1. The number of amidine groups is 1. The van der Waals surface area contributed by atoms with Crippen molar-refractivity contribution >= 4 is 40.3 Å². The smallest absolute Gasteiger partial charge is 0.262 e. The van der Waals surface area contributed by atoms with Crippen molar-refractivity contribution in [2.75, 3.05) is 18.4 Å². The van der Waals surface area contributed by atoms with Gasteiger partial charge in [-0.2, -0.15) is 4.99 Å². The molecule has 0 radical (unpaired) electrons. The van der Waals surface area contributed by atoms with Crippen LogP contribution in [-0.4, -0.2) is 46.1 Å². The predicted octanol–water partition coefficient (Wildman–Crippen LogP) is 3.99. The number of anilines is 1. The Labute approximate surface area is 198 Å². The fourth-order valence-electron chi connectivity index (χ4n) is 3.95. The number of aliphatic imine (C=N–C) groups is 1. The Morgan fingerprint density at radius 3 is 2.61 bits per heavy atom. The van der Waals surface area contributed by atoms with Crippen molar-refractivity contribution in [3.05, 3.63) is 65.7 Å².